The number of halogens is 4. The number of likely N-dealkylation sites (N-methyl/N-ethyl adjacent to an activating group) is 1. The topological polar surface area (TPSA) is 126 Å². The maximum atomic E-state index is 14.4. The van der Waals surface area contributed by atoms with Gasteiger partial charge in [-0.2, -0.15) is 18.2 Å². The van der Waals surface area contributed by atoms with E-state index in [0.29, 0.717) is 54.4 Å². The maximum absolute atomic E-state index is 14.4. The number of methoxy groups -OCH3 is 2. The highest BCUT2D eigenvalue weighted by molar-refractivity contribution is 6.36. The van der Waals surface area contributed by atoms with E-state index in [4.69, 9.17) is 35.9 Å². The zero-order valence-corrected chi connectivity index (χ0v) is 29.9. The summed E-state index contributed by atoms with van der Waals surface area (Å²) in [6.07, 6.45) is -3.23. The number of benzene rings is 2. The van der Waals surface area contributed by atoms with Gasteiger partial charge in [-0.05, 0) is 68.5 Å². The number of carbonyl (C=O) groups is 1. The van der Waals surface area contributed by atoms with Crippen molar-refractivity contribution in [3.05, 3.63) is 87.4 Å². The van der Waals surface area contributed by atoms with Crippen molar-refractivity contribution < 1.29 is 42.4 Å². The fourth-order valence-electron chi connectivity index (χ4n) is 7.08. The third kappa shape index (κ3) is 7.97. The molecule has 0 saturated heterocycles. The van der Waals surface area contributed by atoms with Crippen LogP contribution in [0.25, 0.3) is 22.4 Å². The van der Waals surface area contributed by atoms with Crippen LogP contribution in [-0.4, -0.2) is 70.5 Å². The smallest absolute Gasteiger partial charge is 0.421 e. The molecule has 276 valence electrons. The molecule has 3 N–H and O–H groups in total. The van der Waals surface area contributed by atoms with Gasteiger partial charge < -0.3 is 29.7 Å². The number of ether oxygens (including phenoxy) is 3. The van der Waals surface area contributed by atoms with E-state index in [0.717, 1.165) is 33.9 Å². The van der Waals surface area contributed by atoms with E-state index in [1.807, 2.05) is 55.5 Å². The van der Waals surface area contributed by atoms with Gasteiger partial charge in [0.2, 0.25) is 17.6 Å². The Kier molecular flexibility index (Phi) is 10.7. The molecule has 1 saturated carbocycles. The Bertz CT molecular complexity index is 1970. The second-order valence-corrected chi connectivity index (χ2v) is 14.0. The molecule has 0 spiro atoms. The first-order chi connectivity index (χ1) is 24.7. The zero-order valence-electron chi connectivity index (χ0n) is 29.2. The summed E-state index contributed by atoms with van der Waals surface area (Å²) in [5, 5.41) is 23.0. The average Bonchev–Trinajstić information content (AvgIpc) is 3.48. The van der Waals surface area contributed by atoms with Crippen molar-refractivity contribution in [1.82, 2.24) is 20.2 Å². The molecule has 0 bridgehead atoms. The van der Waals surface area contributed by atoms with Crippen LogP contribution in [0.1, 0.15) is 60.1 Å². The summed E-state index contributed by atoms with van der Waals surface area (Å²) in [5.74, 6) is -1.36. The molecule has 0 aliphatic heterocycles. The molecule has 0 amide bonds. The molecule has 2 aliphatic rings. The lowest BCUT2D eigenvalue weighted by Crippen LogP contribution is -2.51. The van der Waals surface area contributed by atoms with Gasteiger partial charge in [0.1, 0.15) is 11.7 Å². The molecule has 10 nitrogen and oxygen atoms in total. The summed E-state index contributed by atoms with van der Waals surface area (Å²) in [5.41, 5.74) is 3.76. The lowest BCUT2D eigenvalue weighted by atomic mass is 9.77. The van der Waals surface area contributed by atoms with Gasteiger partial charge in [0.05, 0.1) is 37.1 Å². The van der Waals surface area contributed by atoms with E-state index in [2.05, 4.69) is 10.3 Å². The van der Waals surface area contributed by atoms with Crippen molar-refractivity contribution in [2.75, 3.05) is 27.8 Å². The van der Waals surface area contributed by atoms with Crippen LogP contribution in [0.15, 0.2) is 54.6 Å². The van der Waals surface area contributed by atoms with Gasteiger partial charge in [0.25, 0.3) is 0 Å². The predicted octanol–water partition coefficient (Wildman–Crippen LogP) is 7.09. The Morgan fingerprint density at radius 3 is 2.35 bits per heavy atom. The molecule has 1 atom stereocenters. The number of alkyl halides is 3. The summed E-state index contributed by atoms with van der Waals surface area (Å²) in [4.78, 5) is 21.4. The van der Waals surface area contributed by atoms with Crippen LogP contribution in [0, 0.1) is 0 Å². The van der Waals surface area contributed by atoms with Crippen LogP contribution < -0.4 is 19.5 Å². The van der Waals surface area contributed by atoms with Crippen molar-refractivity contribution in [3.63, 3.8) is 0 Å². The quantitative estimate of drug-likeness (QED) is 0.131. The normalized spacial score (nSPS) is 19.7. The summed E-state index contributed by atoms with van der Waals surface area (Å²) < 4.78 is 60.1. The van der Waals surface area contributed by atoms with Crippen LogP contribution >= 0.6 is 11.6 Å². The van der Waals surface area contributed by atoms with E-state index in [1.165, 1.54) is 19.1 Å². The van der Waals surface area contributed by atoms with Gasteiger partial charge >= 0.3 is 12.1 Å². The number of carboxylic acid groups (broad SMARTS) is 1. The zero-order chi connectivity index (χ0) is 37.4. The van der Waals surface area contributed by atoms with Crippen molar-refractivity contribution in [1.29, 1.82) is 0 Å². The largest absolute Gasteiger partial charge is 0.481 e. The van der Waals surface area contributed by atoms with Crippen molar-refractivity contribution >= 4 is 17.6 Å². The Morgan fingerprint density at radius 2 is 1.67 bits per heavy atom. The van der Waals surface area contributed by atoms with Crippen LogP contribution in [0.4, 0.5) is 13.2 Å². The Hall–Kier alpha value is -4.43. The molecule has 2 aliphatic carbocycles. The van der Waals surface area contributed by atoms with Crippen LogP contribution in [0.2, 0.25) is 5.02 Å². The highest BCUT2D eigenvalue weighted by Crippen LogP contribution is 2.46. The van der Waals surface area contributed by atoms with Gasteiger partial charge in [-0.15, -0.1) is 0 Å². The molecule has 14 heteroatoms. The molecule has 0 radical (unpaired) electrons. The number of aromatic nitrogens is 2. The number of hydrogen-bond donors (Lipinski definition) is 3. The highest BCUT2D eigenvalue weighted by Gasteiger charge is 2.39. The predicted molar refractivity (Wildman–Crippen MR) is 189 cm³/mol. The van der Waals surface area contributed by atoms with Crippen LogP contribution in [-0.2, 0) is 30.5 Å². The van der Waals surface area contributed by atoms with Gasteiger partial charge in [-0.3, -0.25) is 9.69 Å². The monoisotopic (exact) mass is 740 g/mol. The molecule has 4 aromatic rings. The number of aliphatic hydroxyl groups is 1. The van der Waals surface area contributed by atoms with Crippen molar-refractivity contribution in [2.24, 2.45) is 0 Å². The summed E-state index contributed by atoms with van der Waals surface area (Å²) in [6.45, 7) is 1.85. The lowest BCUT2D eigenvalue weighted by molar-refractivity contribution is -0.140. The molecule has 2 aromatic heterocycles. The van der Waals surface area contributed by atoms with Crippen LogP contribution in [0.3, 0.4) is 0 Å². The van der Waals surface area contributed by atoms with E-state index in [1.54, 1.807) is 7.11 Å². The molecular weight excluding hydrogens is 701 g/mol. The van der Waals surface area contributed by atoms with E-state index in [9.17, 15) is 23.1 Å². The SMILES string of the molecule is COc1nc(-c2cccc(-c3cccc4c3CC[C@@H]4Oc3nc(OC)c(CN(C)CC(=O)O)cc3C(F)(F)F)c2Cl)ccc1CNC1CC(C)(O)C1. The van der Waals surface area contributed by atoms with E-state index in [-0.39, 0.29) is 30.6 Å². The first-order valence-corrected chi connectivity index (χ1v) is 17.2. The third-order valence-corrected chi connectivity index (χ3v) is 9.90. The van der Waals surface area contributed by atoms with Crippen molar-refractivity contribution in [3.8, 4) is 40.0 Å². The number of carboxylic acids is 1. The minimum absolute atomic E-state index is 0.0804. The molecule has 0 unspecified atom stereocenters. The Morgan fingerprint density at radius 1 is 1.00 bits per heavy atom. The summed E-state index contributed by atoms with van der Waals surface area (Å²) in [6, 6.07) is 16.2. The lowest BCUT2D eigenvalue weighted by Gasteiger charge is -2.41. The minimum atomic E-state index is -4.80. The van der Waals surface area contributed by atoms with Gasteiger partial charge in [0, 0.05) is 41.4 Å². The first kappa shape index (κ1) is 37.3. The molecular formula is C38H40ClF3N4O6. The fraction of sp³-hybridized carbons (Fsp3) is 0.395. The molecule has 2 aromatic carbocycles. The molecule has 1 fully saturated rings. The number of fused-ring (bicyclic) bond motifs is 1. The minimum Gasteiger partial charge on any atom is -0.481 e. The second-order valence-electron chi connectivity index (χ2n) is 13.6. The first-order valence-electron chi connectivity index (χ1n) is 16.8. The van der Waals surface area contributed by atoms with E-state index >= 15 is 0 Å². The number of nitrogens with zero attached hydrogens (tertiary/aromatic N) is 3. The average molecular weight is 741 g/mol. The summed E-state index contributed by atoms with van der Waals surface area (Å²) >= 11 is 7.09. The summed E-state index contributed by atoms with van der Waals surface area (Å²) in [7, 11) is 4.33. The molecule has 52 heavy (non-hydrogen) atoms. The van der Waals surface area contributed by atoms with Gasteiger partial charge in [-0.25, -0.2) is 4.98 Å². The van der Waals surface area contributed by atoms with Gasteiger partial charge in [-0.1, -0.05) is 54.1 Å². The van der Waals surface area contributed by atoms with Crippen molar-refractivity contribution in [2.45, 2.75) is 69.6 Å². The number of nitrogens with one attached hydrogen (secondary N) is 1. The molecule has 2 heterocycles. The maximum Gasteiger partial charge on any atom is 0.421 e. The van der Waals surface area contributed by atoms with Gasteiger partial charge in [0.15, 0.2) is 0 Å². The molecule has 6 rings (SSSR count). The fourth-order valence-corrected chi connectivity index (χ4v) is 7.40. The second kappa shape index (κ2) is 14.9. The number of rotatable bonds is 13. The Labute approximate surface area is 304 Å². The highest BCUT2D eigenvalue weighted by atomic mass is 35.5. The number of hydrogen-bond acceptors (Lipinski definition) is 9. The number of pyridine rings is 2. The Balaban J connectivity index is 1.27. The van der Waals surface area contributed by atoms with E-state index < -0.39 is 35.3 Å². The standard InChI is InChI=1S/C38H40ClF3N4O6/c1-37(49)16-23(17-37)43-18-21-11-13-30(44-34(21)50-3)28-10-6-9-27(33(28)39)24-7-5-8-26-25(24)12-14-31(26)52-36-29(38(40,41)42)15-22(35(45-36)51-4)19-46(2)20-32(47)48/h5-11,13,15,23,31,43,49H,12,14,16-20H2,1-4H3,(H,47,48)/t23?,31-,37?/m0/s1. The third-order valence-electron chi connectivity index (χ3n) is 9.49. The van der Waals surface area contributed by atoms with Crippen LogP contribution in [0.5, 0.6) is 17.6 Å². The number of aliphatic carboxylic acids is 1.